The minimum absolute atomic E-state index is 0.270. The minimum Gasteiger partial charge on any atom is -0.371 e. The Morgan fingerprint density at radius 3 is 2.95 bits per heavy atom. The Labute approximate surface area is 120 Å². The summed E-state index contributed by atoms with van der Waals surface area (Å²) in [5.41, 5.74) is 9.60. The number of rotatable bonds is 2. The minimum atomic E-state index is 0.270. The fourth-order valence-corrected chi connectivity index (χ4v) is 3.21. The molecule has 1 saturated heterocycles. The number of aryl methyl sites for hydroxylation is 1. The summed E-state index contributed by atoms with van der Waals surface area (Å²) in [6.45, 7) is 6.38. The van der Waals surface area contributed by atoms with Gasteiger partial charge in [-0.2, -0.15) is 0 Å². The number of hydrogen-bond donors (Lipinski definition) is 1. The molecule has 0 amide bonds. The molecule has 0 radical (unpaired) electrons. The van der Waals surface area contributed by atoms with E-state index in [-0.39, 0.29) is 6.04 Å². The lowest BCUT2D eigenvalue weighted by Gasteiger charge is -2.36. The van der Waals surface area contributed by atoms with Crippen LogP contribution >= 0.6 is 0 Å². The maximum Gasteiger partial charge on any atom is 0.0726 e. The fraction of sp³-hybridized carbons (Fsp3) is 0.471. The Bertz CT molecular complexity index is 606. The van der Waals surface area contributed by atoms with E-state index in [0.717, 1.165) is 24.3 Å². The average Bonchev–Trinajstić information content (AvgIpc) is 2.46. The Balaban J connectivity index is 2.01. The van der Waals surface area contributed by atoms with Crippen LogP contribution in [0.3, 0.4) is 0 Å². The highest BCUT2D eigenvalue weighted by Crippen LogP contribution is 2.30. The van der Waals surface area contributed by atoms with E-state index in [2.05, 4.69) is 54.1 Å². The lowest BCUT2D eigenvalue weighted by atomic mass is 9.91. The monoisotopic (exact) mass is 269 g/mol. The van der Waals surface area contributed by atoms with Crippen molar-refractivity contribution in [3.8, 4) is 0 Å². The van der Waals surface area contributed by atoms with Gasteiger partial charge in [0.1, 0.15) is 0 Å². The van der Waals surface area contributed by atoms with Gasteiger partial charge in [-0.05, 0) is 44.7 Å². The number of nitrogens with two attached hydrogens (primary N) is 1. The smallest absolute Gasteiger partial charge is 0.0726 e. The van der Waals surface area contributed by atoms with Gasteiger partial charge in [-0.3, -0.25) is 4.98 Å². The van der Waals surface area contributed by atoms with Crippen molar-refractivity contribution < 1.29 is 0 Å². The van der Waals surface area contributed by atoms with Crippen molar-refractivity contribution in [1.29, 1.82) is 0 Å². The van der Waals surface area contributed by atoms with Crippen LogP contribution in [0.1, 0.15) is 25.5 Å². The molecule has 3 nitrogen and oxygen atoms in total. The first-order chi connectivity index (χ1) is 9.65. The van der Waals surface area contributed by atoms with Crippen LogP contribution in [0.25, 0.3) is 10.9 Å². The molecule has 3 rings (SSSR count). The van der Waals surface area contributed by atoms with Crippen LogP contribution in [0.15, 0.2) is 30.3 Å². The Hall–Kier alpha value is -1.61. The largest absolute Gasteiger partial charge is 0.371 e. The van der Waals surface area contributed by atoms with Gasteiger partial charge in [0.2, 0.25) is 0 Å². The lowest BCUT2D eigenvalue weighted by molar-refractivity contribution is 0.365. The second-order valence-electron chi connectivity index (χ2n) is 6.01. The molecule has 1 aliphatic heterocycles. The van der Waals surface area contributed by atoms with Crippen molar-refractivity contribution in [2.45, 2.75) is 32.7 Å². The first kappa shape index (κ1) is 13.4. The van der Waals surface area contributed by atoms with Gasteiger partial charge in [-0.25, -0.2) is 0 Å². The Morgan fingerprint density at radius 1 is 1.35 bits per heavy atom. The van der Waals surface area contributed by atoms with Crippen molar-refractivity contribution in [3.05, 3.63) is 36.0 Å². The second-order valence-corrected chi connectivity index (χ2v) is 6.01. The molecule has 1 aromatic heterocycles. The molecule has 0 aliphatic carbocycles. The van der Waals surface area contributed by atoms with E-state index in [1.54, 1.807) is 0 Å². The van der Waals surface area contributed by atoms with E-state index in [1.807, 2.05) is 0 Å². The number of fused-ring (bicyclic) bond motifs is 1. The number of para-hydroxylation sites is 1. The zero-order valence-corrected chi connectivity index (χ0v) is 12.3. The lowest BCUT2D eigenvalue weighted by Crippen LogP contribution is -2.42. The summed E-state index contributed by atoms with van der Waals surface area (Å²) in [4.78, 5) is 7.13. The van der Waals surface area contributed by atoms with Crippen molar-refractivity contribution in [1.82, 2.24) is 4.98 Å². The van der Waals surface area contributed by atoms with Gasteiger partial charge in [-0.1, -0.05) is 18.2 Å². The molecule has 106 valence electrons. The molecule has 1 fully saturated rings. The number of benzene rings is 1. The van der Waals surface area contributed by atoms with Crippen LogP contribution < -0.4 is 10.6 Å². The molecule has 3 heteroatoms. The molecule has 1 aliphatic rings. The molecule has 1 aromatic carbocycles. The van der Waals surface area contributed by atoms with Gasteiger partial charge in [0.05, 0.1) is 5.52 Å². The van der Waals surface area contributed by atoms with Crippen molar-refractivity contribution in [3.63, 3.8) is 0 Å². The molecule has 2 atom stereocenters. The van der Waals surface area contributed by atoms with Gasteiger partial charge < -0.3 is 10.6 Å². The van der Waals surface area contributed by atoms with Crippen LogP contribution in [0, 0.1) is 12.8 Å². The molecule has 2 unspecified atom stereocenters. The van der Waals surface area contributed by atoms with Gasteiger partial charge in [0.15, 0.2) is 0 Å². The summed E-state index contributed by atoms with van der Waals surface area (Å²) < 4.78 is 0. The SMILES string of the molecule is Cc1cc(N2CCCC(C(C)N)C2)c2ccccc2n1. The predicted octanol–water partition coefficient (Wildman–Crippen LogP) is 3.11. The first-order valence-electron chi connectivity index (χ1n) is 7.52. The molecule has 2 N–H and O–H groups in total. The Morgan fingerprint density at radius 2 is 2.15 bits per heavy atom. The van der Waals surface area contributed by atoms with Crippen LogP contribution in [0.4, 0.5) is 5.69 Å². The number of piperidine rings is 1. The van der Waals surface area contributed by atoms with E-state index < -0.39 is 0 Å². The summed E-state index contributed by atoms with van der Waals surface area (Å²) in [5.74, 6) is 0.594. The standard InChI is InChI=1S/C17H23N3/c1-12-10-17(15-7-3-4-8-16(15)19-12)20-9-5-6-14(11-20)13(2)18/h3-4,7-8,10,13-14H,5-6,9,11,18H2,1-2H3. The van der Waals surface area contributed by atoms with Gasteiger partial charge in [-0.15, -0.1) is 0 Å². The number of aromatic nitrogens is 1. The zero-order valence-electron chi connectivity index (χ0n) is 12.3. The number of hydrogen-bond acceptors (Lipinski definition) is 3. The van der Waals surface area contributed by atoms with Crippen LogP contribution in [-0.2, 0) is 0 Å². The molecule has 0 saturated carbocycles. The molecule has 0 spiro atoms. The van der Waals surface area contributed by atoms with Crippen molar-refractivity contribution >= 4 is 16.6 Å². The van der Waals surface area contributed by atoms with Crippen molar-refractivity contribution in [2.24, 2.45) is 11.7 Å². The number of anilines is 1. The van der Waals surface area contributed by atoms with E-state index in [4.69, 9.17) is 5.73 Å². The van der Waals surface area contributed by atoms with Crippen molar-refractivity contribution in [2.75, 3.05) is 18.0 Å². The van der Waals surface area contributed by atoms with Crippen LogP contribution in [0.2, 0.25) is 0 Å². The number of pyridine rings is 1. The Kier molecular flexibility index (Phi) is 3.62. The molecule has 2 heterocycles. The summed E-state index contributed by atoms with van der Waals surface area (Å²) in [6.07, 6.45) is 2.47. The van der Waals surface area contributed by atoms with E-state index in [1.165, 1.54) is 23.9 Å². The van der Waals surface area contributed by atoms with Crippen LogP contribution in [0.5, 0.6) is 0 Å². The number of nitrogens with zero attached hydrogens (tertiary/aromatic N) is 2. The fourth-order valence-electron chi connectivity index (χ4n) is 3.21. The normalized spacial score (nSPS) is 21.1. The third-order valence-corrected chi connectivity index (χ3v) is 4.36. The highest BCUT2D eigenvalue weighted by Gasteiger charge is 2.24. The van der Waals surface area contributed by atoms with Gasteiger partial charge in [0, 0.05) is 35.9 Å². The van der Waals surface area contributed by atoms with Gasteiger partial charge >= 0.3 is 0 Å². The highest BCUT2D eigenvalue weighted by atomic mass is 15.1. The second kappa shape index (κ2) is 5.41. The first-order valence-corrected chi connectivity index (χ1v) is 7.52. The van der Waals surface area contributed by atoms with E-state index in [0.29, 0.717) is 5.92 Å². The summed E-state index contributed by atoms with van der Waals surface area (Å²) >= 11 is 0. The molecule has 0 bridgehead atoms. The molecule has 20 heavy (non-hydrogen) atoms. The average molecular weight is 269 g/mol. The summed E-state index contributed by atoms with van der Waals surface area (Å²) in [6, 6.07) is 10.9. The van der Waals surface area contributed by atoms with Crippen LogP contribution in [-0.4, -0.2) is 24.1 Å². The van der Waals surface area contributed by atoms with E-state index in [9.17, 15) is 0 Å². The molecule has 2 aromatic rings. The molecular formula is C17H23N3. The predicted molar refractivity (Wildman–Crippen MR) is 85.1 cm³/mol. The highest BCUT2D eigenvalue weighted by molar-refractivity contribution is 5.92. The van der Waals surface area contributed by atoms with Gasteiger partial charge in [0.25, 0.3) is 0 Å². The zero-order chi connectivity index (χ0) is 14.1. The topological polar surface area (TPSA) is 42.1 Å². The maximum absolute atomic E-state index is 6.11. The van der Waals surface area contributed by atoms with E-state index >= 15 is 0 Å². The third-order valence-electron chi connectivity index (χ3n) is 4.36. The molecular weight excluding hydrogens is 246 g/mol. The quantitative estimate of drug-likeness (QED) is 0.911. The summed E-state index contributed by atoms with van der Waals surface area (Å²) in [5, 5.41) is 1.25. The summed E-state index contributed by atoms with van der Waals surface area (Å²) in [7, 11) is 0. The third kappa shape index (κ3) is 2.50. The maximum atomic E-state index is 6.11.